The molecular formula is C19H12N2O2. The molecule has 0 aliphatic heterocycles. The van der Waals surface area contributed by atoms with Gasteiger partial charge in [-0.2, -0.15) is 0 Å². The summed E-state index contributed by atoms with van der Waals surface area (Å²) in [6.07, 6.45) is 2.82. The van der Waals surface area contributed by atoms with E-state index in [-0.39, 0.29) is 17.3 Å². The van der Waals surface area contributed by atoms with E-state index in [9.17, 15) is 9.59 Å². The Bertz CT molecular complexity index is 975. The van der Waals surface area contributed by atoms with Crippen molar-refractivity contribution in [2.45, 2.75) is 0 Å². The van der Waals surface area contributed by atoms with E-state index < -0.39 is 0 Å². The lowest BCUT2D eigenvalue weighted by molar-refractivity contribution is 0.0986. The lowest BCUT2D eigenvalue weighted by Crippen LogP contribution is -2.22. The quantitative estimate of drug-likeness (QED) is 0.785. The van der Waals surface area contributed by atoms with E-state index in [0.29, 0.717) is 22.0 Å². The number of ketones is 2. The molecule has 4 nitrogen and oxygen atoms in total. The average molecular weight is 300 g/mol. The fourth-order valence-corrected chi connectivity index (χ4v) is 2.75. The van der Waals surface area contributed by atoms with Crippen molar-refractivity contribution < 1.29 is 9.59 Å². The summed E-state index contributed by atoms with van der Waals surface area (Å²) in [5.74, 6) is -0.404. The molecule has 0 amide bonds. The van der Waals surface area contributed by atoms with Crippen molar-refractivity contribution in [3.8, 4) is 0 Å². The minimum absolute atomic E-state index is 0.193. The standard InChI is InChI=1S/C19H12N2O2/c22-17-10-16(21-12-6-2-1-3-7-12)19(23)18-13-8-4-5-9-15(13)20-11-14(17)18/h1-11,21H. The van der Waals surface area contributed by atoms with Crippen LogP contribution in [0.25, 0.3) is 10.9 Å². The van der Waals surface area contributed by atoms with E-state index in [2.05, 4.69) is 10.3 Å². The second kappa shape index (κ2) is 5.18. The zero-order chi connectivity index (χ0) is 15.8. The number of rotatable bonds is 2. The maximum atomic E-state index is 12.9. The molecular weight excluding hydrogens is 288 g/mol. The molecule has 0 unspecified atom stereocenters. The zero-order valence-corrected chi connectivity index (χ0v) is 12.1. The molecule has 1 N–H and O–H groups in total. The molecule has 1 heterocycles. The number of carbonyl (C=O) groups is 2. The highest BCUT2D eigenvalue weighted by Crippen LogP contribution is 2.28. The third-order valence-electron chi connectivity index (χ3n) is 3.84. The maximum Gasteiger partial charge on any atom is 0.210 e. The van der Waals surface area contributed by atoms with E-state index in [0.717, 1.165) is 5.69 Å². The van der Waals surface area contributed by atoms with Gasteiger partial charge in [-0.15, -0.1) is 0 Å². The lowest BCUT2D eigenvalue weighted by Gasteiger charge is -2.18. The normalized spacial score (nSPS) is 13.7. The second-order valence-electron chi connectivity index (χ2n) is 5.31. The average Bonchev–Trinajstić information content (AvgIpc) is 2.59. The van der Waals surface area contributed by atoms with Gasteiger partial charge in [0.05, 0.1) is 16.8 Å². The van der Waals surface area contributed by atoms with Gasteiger partial charge in [0.25, 0.3) is 0 Å². The summed E-state index contributed by atoms with van der Waals surface area (Å²) >= 11 is 0. The first-order valence-electron chi connectivity index (χ1n) is 7.24. The number of pyridine rings is 1. The number of nitrogens with zero attached hydrogens (tertiary/aromatic N) is 1. The van der Waals surface area contributed by atoms with Crippen LogP contribution in [0.5, 0.6) is 0 Å². The Morgan fingerprint density at radius 2 is 1.61 bits per heavy atom. The summed E-state index contributed by atoms with van der Waals surface area (Å²) in [6, 6.07) is 16.7. The lowest BCUT2D eigenvalue weighted by atomic mass is 9.91. The van der Waals surface area contributed by atoms with Crippen LogP contribution in [0.4, 0.5) is 5.69 Å². The second-order valence-corrected chi connectivity index (χ2v) is 5.31. The van der Waals surface area contributed by atoms with Crippen LogP contribution in [0.15, 0.2) is 72.6 Å². The van der Waals surface area contributed by atoms with Gasteiger partial charge in [0, 0.05) is 28.9 Å². The van der Waals surface area contributed by atoms with Crippen LogP contribution in [-0.2, 0) is 0 Å². The minimum Gasteiger partial charge on any atom is -0.352 e. The largest absolute Gasteiger partial charge is 0.352 e. The first-order valence-corrected chi connectivity index (χ1v) is 7.24. The van der Waals surface area contributed by atoms with E-state index in [1.807, 2.05) is 54.6 Å². The van der Waals surface area contributed by atoms with Crippen LogP contribution in [0.2, 0.25) is 0 Å². The number of benzene rings is 2. The first-order chi connectivity index (χ1) is 11.2. The van der Waals surface area contributed by atoms with Crippen molar-refractivity contribution in [3.05, 3.63) is 83.7 Å². The number of carbonyl (C=O) groups excluding carboxylic acids is 2. The van der Waals surface area contributed by atoms with Gasteiger partial charge in [0.15, 0.2) is 5.78 Å². The van der Waals surface area contributed by atoms with Gasteiger partial charge in [-0.05, 0) is 18.2 Å². The number of allylic oxidation sites excluding steroid dienone is 2. The van der Waals surface area contributed by atoms with Gasteiger partial charge >= 0.3 is 0 Å². The molecule has 110 valence electrons. The van der Waals surface area contributed by atoms with Crippen LogP contribution in [0.1, 0.15) is 20.7 Å². The Balaban J connectivity index is 1.84. The summed E-state index contributed by atoms with van der Waals surface area (Å²) < 4.78 is 0. The number of para-hydroxylation sites is 2. The topological polar surface area (TPSA) is 59.1 Å². The summed E-state index contributed by atoms with van der Waals surface area (Å²) in [4.78, 5) is 29.5. The summed E-state index contributed by atoms with van der Waals surface area (Å²) in [7, 11) is 0. The number of hydrogen-bond donors (Lipinski definition) is 1. The van der Waals surface area contributed by atoms with Gasteiger partial charge < -0.3 is 5.32 Å². The molecule has 4 rings (SSSR count). The van der Waals surface area contributed by atoms with Crippen molar-refractivity contribution in [2.75, 3.05) is 5.32 Å². The minimum atomic E-state index is -0.212. The number of fused-ring (bicyclic) bond motifs is 3. The summed E-state index contributed by atoms with van der Waals surface area (Å²) in [6.45, 7) is 0. The number of hydrogen-bond acceptors (Lipinski definition) is 4. The Morgan fingerprint density at radius 3 is 2.43 bits per heavy atom. The Hall–Kier alpha value is -3.27. The molecule has 3 aromatic rings. The molecule has 0 atom stereocenters. The molecule has 23 heavy (non-hydrogen) atoms. The van der Waals surface area contributed by atoms with Crippen LogP contribution in [0, 0.1) is 0 Å². The number of aromatic nitrogens is 1. The molecule has 1 aliphatic rings. The van der Waals surface area contributed by atoms with Crippen LogP contribution in [0.3, 0.4) is 0 Å². The van der Waals surface area contributed by atoms with Crippen LogP contribution < -0.4 is 5.32 Å². The fourth-order valence-electron chi connectivity index (χ4n) is 2.75. The third-order valence-corrected chi connectivity index (χ3v) is 3.84. The molecule has 0 saturated carbocycles. The van der Waals surface area contributed by atoms with E-state index in [4.69, 9.17) is 0 Å². The predicted molar refractivity (Wildman–Crippen MR) is 88.6 cm³/mol. The van der Waals surface area contributed by atoms with E-state index >= 15 is 0 Å². The highest BCUT2D eigenvalue weighted by atomic mass is 16.1. The summed E-state index contributed by atoms with van der Waals surface area (Å²) in [5.41, 5.74) is 2.52. The van der Waals surface area contributed by atoms with Gasteiger partial charge in [0.1, 0.15) is 0 Å². The van der Waals surface area contributed by atoms with Crippen molar-refractivity contribution in [3.63, 3.8) is 0 Å². The van der Waals surface area contributed by atoms with Gasteiger partial charge in [0.2, 0.25) is 5.78 Å². The molecule has 1 aromatic heterocycles. The monoisotopic (exact) mass is 300 g/mol. The van der Waals surface area contributed by atoms with Crippen molar-refractivity contribution >= 4 is 28.2 Å². The molecule has 0 fully saturated rings. The SMILES string of the molecule is O=C1C=C(Nc2ccccc2)C(=O)c2c1cnc1ccccc21. The van der Waals surface area contributed by atoms with E-state index in [1.165, 1.54) is 12.3 Å². The first kappa shape index (κ1) is 13.4. The molecule has 0 spiro atoms. The molecule has 0 saturated heterocycles. The molecule has 4 heteroatoms. The molecule has 2 aromatic carbocycles. The number of Topliss-reactive ketones (excluding diaryl/α,β-unsaturated/α-hetero) is 1. The fraction of sp³-hybridized carbons (Fsp3) is 0. The number of anilines is 1. The number of nitrogens with one attached hydrogen (secondary N) is 1. The van der Waals surface area contributed by atoms with Crippen molar-refractivity contribution in [1.29, 1.82) is 0 Å². The molecule has 0 bridgehead atoms. The highest BCUT2D eigenvalue weighted by Gasteiger charge is 2.28. The molecule has 1 aliphatic carbocycles. The smallest absolute Gasteiger partial charge is 0.210 e. The van der Waals surface area contributed by atoms with Crippen LogP contribution >= 0.6 is 0 Å². The Morgan fingerprint density at radius 1 is 0.870 bits per heavy atom. The predicted octanol–water partition coefficient (Wildman–Crippen LogP) is 3.61. The Kier molecular flexibility index (Phi) is 3.01. The highest BCUT2D eigenvalue weighted by molar-refractivity contribution is 6.29. The van der Waals surface area contributed by atoms with E-state index in [1.54, 1.807) is 0 Å². The van der Waals surface area contributed by atoms with Gasteiger partial charge in [-0.3, -0.25) is 14.6 Å². The zero-order valence-electron chi connectivity index (χ0n) is 12.1. The summed E-state index contributed by atoms with van der Waals surface area (Å²) in [5, 5.41) is 3.73. The van der Waals surface area contributed by atoms with Gasteiger partial charge in [-0.1, -0.05) is 36.4 Å². The maximum absolute atomic E-state index is 12.9. The van der Waals surface area contributed by atoms with Crippen molar-refractivity contribution in [1.82, 2.24) is 4.98 Å². The Labute approximate surface area is 132 Å². The van der Waals surface area contributed by atoms with Crippen LogP contribution in [-0.4, -0.2) is 16.6 Å². The van der Waals surface area contributed by atoms with Crippen molar-refractivity contribution in [2.24, 2.45) is 0 Å². The molecule has 0 radical (unpaired) electrons. The van der Waals surface area contributed by atoms with Gasteiger partial charge in [-0.25, -0.2) is 0 Å². The third kappa shape index (κ3) is 2.21.